The molecular weight excluding hydrogens is 510 g/mol. The van der Waals surface area contributed by atoms with Crippen molar-refractivity contribution in [1.29, 1.82) is 0 Å². The van der Waals surface area contributed by atoms with Gasteiger partial charge in [0.1, 0.15) is 0 Å². The number of sulfonamides is 1. The number of nitrogens with one attached hydrogen (secondary N) is 1. The van der Waals surface area contributed by atoms with E-state index in [1.807, 2.05) is 32.0 Å². The maximum Gasteiger partial charge on any atom is 0.251 e. The van der Waals surface area contributed by atoms with Gasteiger partial charge in [0.2, 0.25) is 10.0 Å². The Labute approximate surface area is 222 Å². The molecule has 37 heavy (non-hydrogen) atoms. The van der Waals surface area contributed by atoms with Crippen LogP contribution < -0.4 is 10.2 Å². The van der Waals surface area contributed by atoms with E-state index in [0.29, 0.717) is 25.2 Å². The summed E-state index contributed by atoms with van der Waals surface area (Å²) in [5, 5.41) is 4.03. The zero-order chi connectivity index (χ0) is 26.0. The normalized spacial score (nSPS) is 21.8. The summed E-state index contributed by atoms with van der Waals surface area (Å²) in [5.74, 6) is -0.203. The van der Waals surface area contributed by atoms with Crippen LogP contribution in [0, 0.1) is 0 Å². The van der Waals surface area contributed by atoms with Crippen molar-refractivity contribution in [3.05, 3.63) is 54.1 Å². The maximum absolute atomic E-state index is 13.0. The number of hydrogen-bond donors (Lipinski definition) is 1. The molecule has 3 heterocycles. The average molecular weight is 544 g/mol. The first-order valence-corrected chi connectivity index (χ1v) is 14.9. The number of morpholine rings is 1. The smallest absolute Gasteiger partial charge is 0.251 e. The molecule has 1 aromatic heterocycles. The lowest BCUT2D eigenvalue weighted by Crippen LogP contribution is -2.48. The van der Waals surface area contributed by atoms with Crippen LogP contribution in [0.25, 0.3) is 10.2 Å². The molecule has 2 aromatic carbocycles. The van der Waals surface area contributed by atoms with E-state index in [1.165, 1.54) is 21.1 Å². The highest BCUT2D eigenvalue weighted by Gasteiger charge is 2.32. The van der Waals surface area contributed by atoms with Gasteiger partial charge in [0.25, 0.3) is 5.91 Å². The average Bonchev–Trinajstić information content (AvgIpc) is 3.33. The highest BCUT2D eigenvalue weighted by Crippen LogP contribution is 2.29. The molecule has 2 unspecified atom stereocenters. The first-order valence-electron chi connectivity index (χ1n) is 12.7. The number of aromatic nitrogens is 1. The molecule has 0 radical (unpaired) electrons. The summed E-state index contributed by atoms with van der Waals surface area (Å²) < 4.78 is 34.4. The van der Waals surface area contributed by atoms with Gasteiger partial charge in [0, 0.05) is 57.9 Å². The lowest BCUT2D eigenvalue weighted by Gasteiger charge is -2.34. The van der Waals surface area contributed by atoms with Gasteiger partial charge in [0.05, 0.1) is 27.3 Å². The van der Waals surface area contributed by atoms with Crippen molar-refractivity contribution in [2.45, 2.75) is 31.0 Å². The van der Waals surface area contributed by atoms with Crippen molar-refractivity contribution in [1.82, 2.24) is 19.5 Å². The fourth-order valence-electron chi connectivity index (χ4n) is 4.84. The molecule has 1 N–H and O–H groups in total. The number of hydrogen-bond acceptors (Lipinski definition) is 8. The zero-order valence-corrected chi connectivity index (χ0v) is 22.8. The number of carbonyl (C=O) groups excluding carboxylic acids is 1. The van der Waals surface area contributed by atoms with Gasteiger partial charge in [-0.25, -0.2) is 13.4 Å². The number of ether oxygens (including phenoxy) is 1. The van der Waals surface area contributed by atoms with E-state index in [4.69, 9.17) is 9.72 Å². The third-order valence-electron chi connectivity index (χ3n) is 6.78. The van der Waals surface area contributed by atoms with Crippen molar-refractivity contribution < 1.29 is 17.9 Å². The summed E-state index contributed by atoms with van der Waals surface area (Å²) in [6.45, 7) is 9.32. The van der Waals surface area contributed by atoms with E-state index in [9.17, 15) is 13.2 Å². The van der Waals surface area contributed by atoms with Gasteiger partial charge in [0.15, 0.2) is 5.13 Å². The van der Waals surface area contributed by atoms with E-state index >= 15 is 0 Å². The van der Waals surface area contributed by atoms with Crippen molar-refractivity contribution in [3.8, 4) is 0 Å². The lowest BCUT2D eigenvalue weighted by atomic mass is 10.2. The van der Waals surface area contributed by atoms with Crippen LogP contribution >= 0.6 is 11.3 Å². The predicted octanol–water partition coefficient (Wildman–Crippen LogP) is 2.65. The summed E-state index contributed by atoms with van der Waals surface area (Å²) in [5.41, 5.74) is 1.49. The molecule has 2 saturated heterocycles. The number of para-hydroxylation sites is 1. The van der Waals surface area contributed by atoms with Crippen LogP contribution in [0.1, 0.15) is 24.2 Å². The standard InChI is InChI=1S/C26H33N5O4S2/c1-19-17-31(18-20(2)35-19)37(33,34)22-9-7-21(8-10-22)25(32)27-11-12-29-13-15-30(16-14-29)26-28-23-5-3-4-6-24(23)36-26/h3-10,19-20H,11-18H2,1-2H3,(H,27,32). The highest BCUT2D eigenvalue weighted by molar-refractivity contribution is 7.89. The number of rotatable bonds is 7. The lowest BCUT2D eigenvalue weighted by molar-refractivity contribution is -0.0440. The van der Waals surface area contributed by atoms with Gasteiger partial charge in [-0.05, 0) is 50.2 Å². The van der Waals surface area contributed by atoms with Crippen LogP contribution in [-0.4, -0.2) is 93.1 Å². The fourth-order valence-corrected chi connectivity index (χ4v) is 7.45. The molecule has 0 spiro atoms. The number of thiazole rings is 1. The second kappa shape index (κ2) is 11.0. The van der Waals surface area contributed by atoms with E-state index in [0.717, 1.165) is 43.4 Å². The van der Waals surface area contributed by atoms with Crippen molar-refractivity contribution in [2.75, 3.05) is 57.3 Å². The Morgan fingerprint density at radius 1 is 1.03 bits per heavy atom. The summed E-state index contributed by atoms with van der Waals surface area (Å²) in [4.78, 5) is 22.2. The quantitative estimate of drug-likeness (QED) is 0.490. The minimum atomic E-state index is -3.63. The van der Waals surface area contributed by atoms with Crippen LogP contribution in [0.4, 0.5) is 5.13 Å². The first-order chi connectivity index (χ1) is 17.8. The third-order valence-corrected chi connectivity index (χ3v) is 9.72. The number of fused-ring (bicyclic) bond motifs is 1. The summed E-state index contributed by atoms with van der Waals surface area (Å²) in [7, 11) is -3.63. The number of benzene rings is 2. The van der Waals surface area contributed by atoms with E-state index < -0.39 is 10.0 Å². The summed E-state index contributed by atoms with van der Waals surface area (Å²) in [6, 6.07) is 14.4. The van der Waals surface area contributed by atoms with Crippen molar-refractivity contribution in [2.24, 2.45) is 0 Å². The van der Waals surface area contributed by atoms with Crippen molar-refractivity contribution in [3.63, 3.8) is 0 Å². The number of amides is 1. The van der Waals surface area contributed by atoms with E-state index in [1.54, 1.807) is 23.5 Å². The molecular formula is C26H33N5O4S2. The molecule has 3 aromatic rings. The Balaban J connectivity index is 1.08. The second-order valence-electron chi connectivity index (χ2n) is 9.65. The Kier molecular flexibility index (Phi) is 7.77. The SMILES string of the molecule is CC1CN(S(=O)(=O)c2ccc(C(=O)NCCN3CCN(c4nc5ccccc5s4)CC3)cc2)CC(C)O1. The monoisotopic (exact) mass is 543 g/mol. The molecule has 11 heteroatoms. The summed E-state index contributed by atoms with van der Waals surface area (Å²) in [6.07, 6.45) is -0.307. The van der Waals surface area contributed by atoms with Gasteiger partial charge in [-0.15, -0.1) is 0 Å². The molecule has 2 fully saturated rings. The number of anilines is 1. The third kappa shape index (κ3) is 5.96. The molecule has 1 amide bonds. The first kappa shape index (κ1) is 26.1. The maximum atomic E-state index is 13.0. The fraction of sp³-hybridized carbons (Fsp3) is 0.462. The van der Waals surface area contributed by atoms with Gasteiger partial charge >= 0.3 is 0 Å². The molecule has 198 valence electrons. The number of piperazine rings is 1. The number of nitrogens with zero attached hydrogens (tertiary/aromatic N) is 4. The highest BCUT2D eigenvalue weighted by atomic mass is 32.2. The molecule has 9 nitrogen and oxygen atoms in total. The van der Waals surface area contributed by atoms with E-state index in [2.05, 4.69) is 21.2 Å². The molecule has 0 bridgehead atoms. The summed E-state index contributed by atoms with van der Waals surface area (Å²) >= 11 is 1.73. The molecule has 0 aliphatic carbocycles. The van der Waals surface area contributed by atoms with Crippen LogP contribution in [0.5, 0.6) is 0 Å². The second-order valence-corrected chi connectivity index (χ2v) is 12.6. The molecule has 2 aliphatic rings. The Bertz CT molecular complexity index is 1290. The Morgan fingerprint density at radius 2 is 1.70 bits per heavy atom. The topological polar surface area (TPSA) is 95.1 Å². The van der Waals surface area contributed by atoms with Gasteiger partial charge in [-0.2, -0.15) is 4.31 Å². The molecule has 2 atom stereocenters. The van der Waals surface area contributed by atoms with Gasteiger partial charge < -0.3 is 15.0 Å². The number of carbonyl (C=O) groups is 1. The predicted molar refractivity (Wildman–Crippen MR) is 146 cm³/mol. The minimum absolute atomic E-state index is 0.154. The molecule has 2 aliphatic heterocycles. The molecule has 5 rings (SSSR count). The van der Waals surface area contributed by atoms with Gasteiger partial charge in [-0.1, -0.05) is 23.5 Å². The van der Waals surface area contributed by atoms with Crippen LogP contribution in [-0.2, 0) is 14.8 Å². The minimum Gasteiger partial charge on any atom is -0.373 e. The van der Waals surface area contributed by atoms with Crippen LogP contribution in [0.2, 0.25) is 0 Å². The van der Waals surface area contributed by atoms with Crippen molar-refractivity contribution >= 4 is 42.6 Å². The largest absolute Gasteiger partial charge is 0.373 e. The van der Waals surface area contributed by atoms with E-state index in [-0.39, 0.29) is 23.0 Å². The Hall–Kier alpha value is -2.57. The van der Waals surface area contributed by atoms with Crippen LogP contribution in [0.3, 0.4) is 0 Å². The van der Waals surface area contributed by atoms with Gasteiger partial charge in [-0.3, -0.25) is 9.69 Å². The molecule has 0 saturated carbocycles. The Morgan fingerprint density at radius 3 is 2.38 bits per heavy atom. The van der Waals surface area contributed by atoms with Crippen LogP contribution in [0.15, 0.2) is 53.4 Å². The zero-order valence-electron chi connectivity index (χ0n) is 21.2.